The zero-order valence-corrected chi connectivity index (χ0v) is 21.1. The Morgan fingerprint density at radius 1 is 0.690 bits per heavy atom. The average molecular weight is 534 g/mol. The Balaban J connectivity index is -0.0000000105. The van der Waals surface area contributed by atoms with Crippen LogP contribution in [0.15, 0.2) is 0 Å². The van der Waals surface area contributed by atoms with Gasteiger partial charge in [0.2, 0.25) is 0 Å². The highest BCUT2D eigenvalue weighted by Crippen LogP contribution is 2.42. The molecule has 0 fully saturated rings. The normalized spacial score (nSPS) is 6.97. The minimum Gasteiger partial charge on any atom is -0.822 e. The van der Waals surface area contributed by atoms with Crippen molar-refractivity contribution >= 4 is 42.6 Å². The van der Waals surface area contributed by atoms with E-state index in [1.165, 1.54) is 5.40 Å². The molecule has 0 aliphatic carbocycles. The summed E-state index contributed by atoms with van der Waals surface area (Å²) in [4.78, 5) is 71.2. The van der Waals surface area contributed by atoms with E-state index in [-0.39, 0.29) is 55.4 Å². The summed E-state index contributed by atoms with van der Waals surface area (Å²) in [5.74, 6) is 0. The van der Waals surface area contributed by atoms with Crippen molar-refractivity contribution in [3.8, 4) is 5.40 Å². The van der Waals surface area contributed by atoms with Crippen LogP contribution in [0.4, 0.5) is 0 Å². The van der Waals surface area contributed by atoms with Crippen molar-refractivity contribution in [2.45, 2.75) is 0 Å². The Morgan fingerprint density at radius 2 is 0.759 bits per heavy atom. The molecule has 0 aliphatic heterocycles. The average Bonchev–Trinajstić information content (AvgIpc) is 1.94. The van der Waals surface area contributed by atoms with E-state index in [0.29, 0.717) is 0 Å². The number of thiocyanates is 1. The fraction of sp³-hybridized carbons (Fsp3) is 0. The molecule has 36 N–H and O–H groups in total. The molecule has 0 saturated heterocycles. The van der Waals surface area contributed by atoms with Crippen LogP contribution >= 0.6 is 23.5 Å². The number of rotatable bonds is 2. The maximum atomic E-state index is 9.32. The third-order valence-corrected chi connectivity index (χ3v) is 1.80. The van der Waals surface area contributed by atoms with Crippen LogP contribution in [0, 0.1) is 10.7 Å². The minimum absolute atomic E-state index is 0. The smallest absolute Gasteiger partial charge is 0.0655 e. The van der Waals surface area contributed by atoms with Crippen molar-refractivity contribution in [2.75, 3.05) is 0 Å². The molecule has 29 heavy (non-hydrogen) atoms. The number of carboxylic acid groups (broad SMARTS) is 1. The molecule has 27 heteroatoms. The molecule has 0 heterocycles. The largest absolute Gasteiger partial charge is 0.822 e. The molecule has 0 aliphatic rings. The summed E-state index contributed by atoms with van der Waals surface area (Å²) in [5, 5.41) is 16.7. The molecule has 0 bridgehead atoms. The third kappa shape index (κ3) is 641. The molecule has 0 aromatic rings. The summed E-state index contributed by atoms with van der Waals surface area (Å²) in [6, 6.07) is 0. The van der Waals surface area contributed by atoms with Crippen LogP contribution in [0.25, 0.3) is 0 Å². The molecule has 0 saturated carbocycles. The van der Waals surface area contributed by atoms with E-state index >= 15 is 0 Å². The first-order valence-corrected chi connectivity index (χ1v) is 7.88. The number of hydrogen-bond acceptors (Lipinski definition) is 15. The Bertz CT molecular complexity index is 403. The number of quaternary nitrogens is 9. The lowest BCUT2D eigenvalue weighted by Gasteiger charge is -2.39. The maximum absolute atomic E-state index is 9.32. The summed E-state index contributed by atoms with van der Waals surface area (Å²) in [7, 11) is -16.7. The highest BCUT2D eigenvalue weighted by atomic mass is 32.1. The minimum atomic E-state index is -5.68. The van der Waals surface area contributed by atoms with E-state index in [0.717, 1.165) is 0 Å². The second kappa shape index (κ2) is 45.8. The van der Waals surface area contributed by atoms with Gasteiger partial charge in [0.25, 0.3) is 0 Å². The molecule has 0 rings (SSSR count). The van der Waals surface area contributed by atoms with Gasteiger partial charge in [-0.1, -0.05) is 5.40 Å². The van der Waals surface area contributed by atoms with Crippen LogP contribution in [-0.2, 0) is 35.4 Å². The molecule has 0 unspecified atom stereocenters. The SMILES string of the molecule is N#C[S-].O=C[O-].O=P([O-])([O-])OP(=O)([O-])[O-].O=P([O-])([O-])[O-].[NH4+].[NH4+].[NH4+].[NH4+].[NH4+].[NH4+].[NH4+].[NH4+].[NH4+]. The molecular formula is C2H37N10O13P3S. The Kier molecular flexibility index (Phi) is 142. The molecule has 0 spiro atoms. The van der Waals surface area contributed by atoms with Gasteiger partial charge in [-0.15, -0.1) is 0 Å². The second-order valence-electron chi connectivity index (χ2n) is 1.61. The Morgan fingerprint density at radius 3 is 0.759 bits per heavy atom. The zero-order valence-electron chi connectivity index (χ0n) is 17.6. The van der Waals surface area contributed by atoms with Gasteiger partial charge in [-0.05, 0) is 0 Å². The summed E-state index contributed by atoms with van der Waals surface area (Å²) in [6.45, 7) is -0.500. The molecule has 0 aromatic heterocycles. The van der Waals surface area contributed by atoms with Gasteiger partial charge in [-0.2, -0.15) is 7.82 Å². The first kappa shape index (κ1) is 90.3. The van der Waals surface area contributed by atoms with Crippen LogP contribution in [0.2, 0.25) is 0 Å². The molecule has 0 radical (unpaired) electrons. The lowest BCUT2D eigenvalue weighted by molar-refractivity contribution is -0.432. The topological polar surface area (TPSA) is 614 Å². The van der Waals surface area contributed by atoms with Crippen molar-refractivity contribution in [1.82, 2.24) is 55.4 Å². The number of hydrogen-bond donors (Lipinski definition) is 9. The van der Waals surface area contributed by atoms with Crippen LogP contribution in [0.1, 0.15) is 0 Å². The monoisotopic (exact) mass is 534 g/mol. The molecule has 0 atom stereocenters. The van der Waals surface area contributed by atoms with E-state index in [1.807, 2.05) is 0 Å². The zero-order chi connectivity index (χ0) is 17.6. The standard InChI is InChI=1S/CHNS.CH2O2.9H3N.H4O7P2.H3O4P/c2*2-1-3;;;;;;;;;;1-8(2,3)7-9(4,5)6;1-5(2,3)4/h3H;1H,(H,2,3);9*1H3;(H2,1,2,3)(H2,4,5,6);(H3,1,2,3,4). The van der Waals surface area contributed by atoms with Crippen molar-refractivity contribution in [1.29, 1.82) is 5.26 Å². The van der Waals surface area contributed by atoms with Gasteiger partial charge in [0.05, 0.1) is 15.6 Å². The second-order valence-corrected chi connectivity index (χ2v) is 5.13. The van der Waals surface area contributed by atoms with E-state index < -0.39 is 29.9 Å². The predicted molar refractivity (Wildman–Crippen MR) is 96.8 cm³/mol. The number of phosphoric acid groups is 3. The van der Waals surface area contributed by atoms with E-state index in [9.17, 15) is 28.7 Å². The van der Waals surface area contributed by atoms with E-state index in [1.54, 1.807) is 0 Å². The number of nitrogens with zero attached hydrogens (tertiary/aromatic N) is 1. The Labute approximate surface area is 171 Å². The summed E-state index contributed by atoms with van der Waals surface area (Å²) >= 11 is 3.70. The van der Waals surface area contributed by atoms with Gasteiger partial charge < -0.3 is 130 Å². The number of carbonyl (C=O) groups excluding carboxylic acids is 1. The van der Waals surface area contributed by atoms with Crippen LogP contribution in [-0.4, -0.2) is 6.47 Å². The van der Waals surface area contributed by atoms with E-state index in [2.05, 4.69) is 16.9 Å². The first-order valence-electron chi connectivity index (χ1n) is 3.09. The van der Waals surface area contributed by atoms with Crippen molar-refractivity contribution < 1.29 is 62.2 Å². The van der Waals surface area contributed by atoms with Crippen molar-refractivity contribution in [3.63, 3.8) is 0 Å². The lowest BCUT2D eigenvalue weighted by Crippen LogP contribution is -2.24. The van der Waals surface area contributed by atoms with Gasteiger partial charge in [-0.25, -0.2) is 5.26 Å². The van der Waals surface area contributed by atoms with Crippen molar-refractivity contribution in [3.05, 3.63) is 0 Å². The van der Waals surface area contributed by atoms with Gasteiger partial charge in [0.1, 0.15) is 0 Å². The van der Waals surface area contributed by atoms with Gasteiger partial charge >= 0.3 is 0 Å². The van der Waals surface area contributed by atoms with Gasteiger partial charge in [0, 0.05) is 6.47 Å². The fourth-order valence-electron chi connectivity index (χ4n) is 0.122. The third-order valence-electron chi connectivity index (χ3n) is 0.200. The summed E-state index contributed by atoms with van der Waals surface area (Å²) in [6.07, 6.45) is 0. The summed E-state index contributed by atoms with van der Waals surface area (Å²) in [5.41, 5.74) is 0. The molecule has 194 valence electrons. The van der Waals surface area contributed by atoms with Crippen LogP contribution in [0.3, 0.4) is 0 Å². The lowest BCUT2D eigenvalue weighted by atomic mass is 11.7. The first-order chi connectivity index (χ1) is 8.54. The predicted octanol–water partition coefficient (Wildman–Crippen LogP) is -4.40. The highest BCUT2D eigenvalue weighted by Gasteiger charge is 1.92. The van der Waals surface area contributed by atoms with Crippen LogP contribution in [0.5, 0.6) is 0 Å². The Hall–Kier alpha value is -0.810. The molecule has 0 aromatic carbocycles. The van der Waals surface area contributed by atoms with Gasteiger partial charge in [0.15, 0.2) is 0 Å². The van der Waals surface area contributed by atoms with Crippen molar-refractivity contribution in [2.24, 2.45) is 0 Å². The molecule has 0 amide bonds. The summed E-state index contributed by atoms with van der Waals surface area (Å²) < 4.78 is 29.7. The number of nitriles is 1. The quantitative estimate of drug-likeness (QED) is 0.0698. The molecule has 23 nitrogen and oxygen atoms in total. The fourth-order valence-corrected chi connectivity index (χ4v) is 1.10. The van der Waals surface area contributed by atoms with Gasteiger partial charge in [-0.3, -0.25) is 0 Å². The van der Waals surface area contributed by atoms with E-state index in [4.69, 9.17) is 34.4 Å². The maximum Gasteiger partial charge on any atom is 0.0655 e. The highest BCUT2D eigenvalue weighted by molar-refractivity contribution is 7.64. The van der Waals surface area contributed by atoms with Crippen LogP contribution < -0.4 is 94.7 Å². The molecular weight excluding hydrogens is 497 g/mol. The number of carbonyl (C=O) groups is 1.